The third-order valence-electron chi connectivity index (χ3n) is 4.89. The molecule has 2 N–H and O–H groups in total. The molecule has 0 fully saturated rings. The summed E-state index contributed by atoms with van der Waals surface area (Å²) in [7, 11) is 0. The van der Waals surface area contributed by atoms with Crippen molar-refractivity contribution < 1.29 is 23.9 Å². The molecule has 0 radical (unpaired) electrons. The number of alkyl carbamates (subject to hydrolysis) is 1. The molecule has 0 saturated carbocycles. The van der Waals surface area contributed by atoms with E-state index in [0.717, 1.165) is 5.56 Å². The molecule has 3 aromatic rings. The van der Waals surface area contributed by atoms with Gasteiger partial charge in [-0.1, -0.05) is 72.8 Å². The highest BCUT2D eigenvalue weighted by atomic mass is 16.5. The van der Waals surface area contributed by atoms with Crippen LogP contribution in [0.4, 0.5) is 4.79 Å². The number of ether oxygens (including phenoxy) is 1. The highest BCUT2D eigenvalue weighted by molar-refractivity contribution is 6.21. The van der Waals surface area contributed by atoms with Crippen molar-refractivity contribution in [3.8, 4) is 0 Å². The molecule has 4 rings (SSSR count). The van der Waals surface area contributed by atoms with E-state index in [0.29, 0.717) is 10.6 Å². The lowest BCUT2D eigenvalue weighted by molar-refractivity contribution is -0.126. The third-order valence-corrected chi connectivity index (χ3v) is 4.89. The fourth-order valence-corrected chi connectivity index (χ4v) is 3.29. The van der Waals surface area contributed by atoms with Crippen LogP contribution in [-0.2, 0) is 16.1 Å². The lowest BCUT2D eigenvalue weighted by atomic mass is 10.1. The minimum absolute atomic E-state index is 0.0220. The second-order valence-corrected chi connectivity index (χ2v) is 7.02. The molecule has 0 unspecified atom stereocenters. The SMILES string of the molecule is O=C(N[C@H](C(=O)NN1C(=O)c2ccccc2C1=O)c1ccccc1)OCc1ccccc1. The first-order chi connectivity index (χ1) is 15.5. The molecule has 8 heteroatoms. The second kappa shape index (κ2) is 9.13. The van der Waals surface area contributed by atoms with E-state index in [9.17, 15) is 19.2 Å². The zero-order valence-corrected chi connectivity index (χ0v) is 16.9. The Morgan fingerprint density at radius 1 is 0.781 bits per heavy atom. The molecule has 1 atom stereocenters. The van der Waals surface area contributed by atoms with Gasteiger partial charge < -0.3 is 10.1 Å². The minimum Gasteiger partial charge on any atom is -0.445 e. The summed E-state index contributed by atoms with van der Waals surface area (Å²) < 4.78 is 5.22. The zero-order chi connectivity index (χ0) is 22.5. The summed E-state index contributed by atoms with van der Waals surface area (Å²) in [5.41, 5.74) is 3.97. The molecule has 0 bridgehead atoms. The topological polar surface area (TPSA) is 105 Å². The Morgan fingerprint density at radius 3 is 1.91 bits per heavy atom. The van der Waals surface area contributed by atoms with Crippen LogP contribution < -0.4 is 10.7 Å². The van der Waals surface area contributed by atoms with Gasteiger partial charge in [-0.25, -0.2) is 4.79 Å². The molecule has 4 amide bonds. The maximum atomic E-state index is 13.0. The molecular formula is C24H19N3O5. The van der Waals surface area contributed by atoms with E-state index in [1.807, 2.05) is 18.2 Å². The number of hydrazine groups is 1. The molecule has 1 aliphatic heterocycles. The van der Waals surface area contributed by atoms with Crippen molar-refractivity contribution in [2.24, 2.45) is 0 Å². The number of fused-ring (bicyclic) bond motifs is 1. The van der Waals surface area contributed by atoms with E-state index < -0.39 is 29.9 Å². The van der Waals surface area contributed by atoms with Crippen molar-refractivity contribution >= 4 is 23.8 Å². The normalized spacial score (nSPS) is 13.3. The van der Waals surface area contributed by atoms with Crippen LogP contribution in [-0.4, -0.2) is 28.8 Å². The van der Waals surface area contributed by atoms with E-state index in [1.54, 1.807) is 54.6 Å². The van der Waals surface area contributed by atoms with Crippen LogP contribution in [0, 0.1) is 0 Å². The quantitative estimate of drug-likeness (QED) is 0.586. The van der Waals surface area contributed by atoms with Crippen molar-refractivity contribution in [2.75, 3.05) is 0 Å². The minimum atomic E-state index is -1.19. The zero-order valence-electron chi connectivity index (χ0n) is 16.9. The Hall–Kier alpha value is -4.46. The number of benzene rings is 3. The molecule has 1 aliphatic rings. The number of hydrogen-bond donors (Lipinski definition) is 2. The fraction of sp³-hybridized carbons (Fsp3) is 0.0833. The van der Waals surface area contributed by atoms with Crippen LogP contribution >= 0.6 is 0 Å². The molecular weight excluding hydrogens is 410 g/mol. The number of nitrogens with one attached hydrogen (secondary N) is 2. The Bertz CT molecular complexity index is 1130. The number of carbonyl (C=O) groups excluding carboxylic acids is 4. The molecule has 32 heavy (non-hydrogen) atoms. The fourth-order valence-electron chi connectivity index (χ4n) is 3.29. The lowest BCUT2D eigenvalue weighted by Gasteiger charge is -2.22. The van der Waals surface area contributed by atoms with E-state index >= 15 is 0 Å². The van der Waals surface area contributed by atoms with Crippen LogP contribution in [0.3, 0.4) is 0 Å². The maximum absolute atomic E-state index is 13.0. The number of rotatable bonds is 6. The Labute approximate surface area is 183 Å². The van der Waals surface area contributed by atoms with E-state index in [2.05, 4.69) is 10.7 Å². The molecule has 3 aromatic carbocycles. The monoisotopic (exact) mass is 429 g/mol. The van der Waals surface area contributed by atoms with Crippen molar-refractivity contribution in [1.82, 2.24) is 15.8 Å². The largest absolute Gasteiger partial charge is 0.445 e. The molecule has 1 heterocycles. The molecule has 0 saturated heterocycles. The van der Waals surface area contributed by atoms with Gasteiger partial charge in [0.2, 0.25) is 0 Å². The van der Waals surface area contributed by atoms with Gasteiger partial charge in [-0.2, -0.15) is 5.01 Å². The first-order valence-corrected chi connectivity index (χ1v) is 9.85. The van der Waals surface area contributed by atoms with Crippen LogP contribution in [0.2, 0.25) is 0 Å². The maximum Gasteiger partial charge on any atom is 0.408 e. The van der Waals surface area contributed by atoms with Gasteiger partial charge in [0, 0.05) is 0 Å². The van der Waals surface area contributed by atoms with Gasteiger partial charge in [0.05, 0.1) is 11.1 Å². The predicted molar refractivity (Wildman–Crippen MR) is 114 cm³/mol. The predicted octanol–water partition coefficient (Wildman–Crippen LogP) is 2.98. The number of imide groups is 1. The van der Waals surface area contributed by atoms with E-state index in [4.69, 9.17) is 4.74 Å². The van der Waals surface area contributed by atoms with Crippen LogP contribution in [0.5, 0.6) is 0 Å². The molecule has 8 nitrogen and oxygen atoms in total. The van der Waals surface area contributed by atoms with Crippen molar-refractivity contribution in [1.29, 1.82) is 0 Å². The van der Waals surface area contributed by atoms with Gasteiger partial charge in [-0.3, -0.25) is 19.8 Å². The highest BCUT2D eigenvalue weighted by Gasteiger charge is 2.38. The summed E-state index contributed by atoms with van der Waals surface area (Å²) in [5.74, 6) is -2.04. The lowest BCUT2D eigenvalue weighted by Crippen LogP contribution is -2.50. The number of carbonyl (C=O) groups is 4. The standard InChI is InChI=1S/C24H19N3O5/c28-21(26-27-22(29)18-13-7-8-14-19(18)23(27)30)20(17-11-5-2-6-12-17)25-24(31)32-15-16-9-3-1-4-10-16/h1-14,20H,15H2,(H,25,31)(H,26,28)/t20-/m0/s1. The Kier molecular flexibility index (Phi) is 5.94. The summed E-state index contributed by atoms with van der Waals surface area (Å²) in [6.07, 6.45) is -0.819. The summed E-state index contributed by atoms with van der Waals surface area (Å²) in [5, 5.41) is 3.16. The van der Waals surface area contributed by atoms with E-state index in [1.165, 1.54) is 12.1 Å². The summed E-state index contributed by atoms with van der Waals surface area (Å²) in [6.45, 7) is 0.0220. The first-order valence-electron chi connectivity index (χ1n) is 9.85. The van der Waals surface area contributed by atoms with Gasteiger partial charge in [0.1, 0.15) is 12.6 Å². The Balaban J connectivity index is 1.48. The van der Waals surface area contributed by atoms with Crippen molar-refractivity contribution in [3.63, 3.8) is 0 Å². The van der Waals surface area contributed by atoms with E-state index in [-0.39, 0.29) is 17.7 Å². The van der Waals surface area contributed by atoms with Gasteiger partial charge in [-0.15, -0.1) is 0 Å². The average Bonchev–Trinajstić information content (AvgIpc) is 3.07. The Morgan fingerprint density at radius 2 is 1.31 bits per heavy atom. The second-order valence-electron chi connectivity index (χ2n) is 7.02. The third kappa shape index (κ3) is 4.34. The number of hydrogen-bond acceptors (Lipinski definition) is 5. The number of nitrogens with zero attached hydrogens (tertiary/aromatic N) is 1. The molecule has 0 spiro atoms. The summed E-state index contributed by atoms with van der Waals surface area (Å²) >= 11 is 0. The van der Waals surface area contributed by atoms with Crippen molar-refractivity contribution in [3.05, 3.63) is 107 Å². The number of amides is 4. The smallest absolute Gasteiger partial charge is 0.408 e. The van der Waals surface area contributed by atoms with Gasteiger partial charge >= 0.3 is 6.09 Å². The average molecular weight is 429 g/mol. The van der Waals surface area contributed by atoms with Crippen LogP contribution in [0.1, 0.15) is 37.9 Å². The van der Waals surface area contributed by atoms with Crippen molar-refractivity contribution in [2.45, 2.75) is 12.6 Å². The molecule has 0 aliphatic carbocycles. The summed E-state index contributed by atoms with van der Waals surface area (Å²) in [6, 6.07) is 22.6. The van der Waals surface area contributed by atoms with Crippen LogP contribution in [0.15, 0.2) is 84.9 Å². The van der Waals surface area contributed by atoms with Gasteiger partial charge in [0.25, 0.3) is 17.7 Å². The summed E-state index contributed by atoms with van der Waals surface area (Å²) in [4.78, 5) is 50.5. The van der Waals surface area contributed by atoms with Gasteiger partial charge in [0.15, 0.2) is 0 Å². The molecule has 160 valence electrons. The first kappa shape index (κ1) is 20.8. The van der Waals surface area contributed by atoms with Gasteiger partial charge in [-0.05, 0) is 23.3 Å². The molecule has 0 aromatic heterocycles. The highest BCUT2D eigenvalue weighted by Crippen LogP contribution is 2.22. The van der Waals surface area contributed by atoms with Crippen LogP contribution in [0.25, 0.3) is 0 Å².